The first kappa shape index (κ1) is 28.4. The van der Waals surface area contributed by atoms with E-state index in [-0.39, 0.29) is 36.7 Å². The number of carbonyl (C=O) groups is 3. The average Bonchev–Trinajstić information content (AvgIpc) is 3.34. The SMILES string of the molecule is CCC(C)C(CN(CC(=O)NC(CCSC)C(=O)O)Cc1ccccc1)NC(=O)Cc1c[nH]cn1. The molecule has 9 nitrogen and oxygen atoms in total. The number of thioether (sulfide) groups is 1. The summed E-state index contributed by atoms with van der Waals surface area (Å²) >= 11 is 1.54. The molecule has 0 bridgehead atoms. The molecule has 2 rings (SSSR count). The van der Waals surface area contributed by atoms with Gasteiger partial charge in [0, 0.05) is 25.3 Å². The van der Waals surface area contributed by atoms with Crippen molar-refractivity contribution in [1.82, 2.24) is 25.5 Å². The van der Waals surface area contributed by atoms with E-state index < -0.39 is 12.0 Å². The van der Waals surface area contributed by atoms with Crippen LogP contribution in [-0.2, 0) is 27.3 Å². The Balaban J connectivity index is 2.12. The molecule has 2 amide bonds. The second-order valence-electron chi connectivity index (χ2n) is 8.69. The maximum absolute atomic E-state index is 12.9. The van der Waals surface area contributed by atoms with Crippen molar-refractivity contribution in [3.8, 4) is 0 Å². The molecule has 1 aromatic carbocycles. The van der Waals surface area contributed by atoms with Crippen molar-refractivity contribution in [2.24, 2.45) is 5.92 Å². The number of hydrogen-bond acceptors (Lipinski definition) is 6. The number of nitrogens with one attached hydrogen (secondary N) is 3. The van der Waals surface area contributed by atoms with E-state index in [9.17, 15) is 19.5 Å². The molecular weight excluding hydrogens is 466 g/mol. The van der Waals surface area contributed by atoms with Crippen LogP contribution in [0.25, 0.3) is 0 Å². The number of aromatic nitrogens is 2. The monoisotopic (exact) mass is 503 g/mol. The molecule has 1 aromatic heterocycles. The van der Waals surface area contributed by atoms with E-state index in [2.05, 4.69) is 34.4 Å². The zero-order chi connectivity index (χ0) is 25.6. The van der Waals surface area contributed by atoms with Crippen molar-refractivity contribution in [3.63, 3.8) is 0 Å². The summed E-state index contributed by atoms with van der Waals surface area (Å²) in [6.45, 7) is 5.11. The Morgan fingerprint density at radius 2 is 1.91 bits per heavy atom. The van der Waals surface area contributed by atoms with E-state index >= 15 is 0 Å². The van der Waals surface area contributed by atoms with E-state index in [0.29, 0.717) is 31.0 Å². The number of rotatable bonds is 16. The zero-order valence-electron chi connectivity index (χ0n) is 20.7. The van der Waals surface area contributed by atoms with E-state index in [0.717, 1.165) is 12.0 Å². The summed E-state index contributed by atoms with van der Waals surface area (Å²) in [5.74, 6) is -0.698. The van der Waals surface area contributed by atoms with Crippen molar-refractivity contribution in [1.29, 1.82) is 0 Å². The van der Waals surface area contributed by atoms with Gasteiger partial charge in [-0.1, -0.05) is 50.6 Å². The summed E-state index contributed by atoms with van der Waals surface area (Å²) in [4.78, 5) is 46.1. The van der Waals surface area contributed by atoms with Crippen LogP contribution in [-0.4, -0.2) is 74.9 Å². The van der Waals surface area contributed by atoms with Gasteiger partial charge in [0.05, 0.1) is 25.0 Å². The molecule has 4 N–H and O–H groups in total. The molecule has 192 valence electrons. The first-order valence-corrected chi connectivity index (χ1v) is 13.3. The second-order valence-corrected chi connectivity index (χ2v) is 9.68. The predicted octanol–water partition coefficient (Wildman–Crippen LogP) is 2.31. The normalized spacial score (nSPS) is 13.7. The van der Waals surface area contributed by atoms with Gasteiger partial charge in [-0.2, -0.15) is 11.8 Å². The molecule has 0 aliphatic heterocycles. The van der Waals surface area contributed by atoms with Crippen molar-refractivity contribution in [2.75, 3.05) is 25.1 Å². The lowest BCUT2D eigenvalue weighted by Crippen LogP contribution is -2.51. The first-order chi connectivity index (χ1) is 16.8. The Labute approximate surface area is 211 Å². The number of H-pyrrole nitrogens is 1. The number of carboxylic acids is 1. The minimum atomic E-state index is -1.04. The smallest absolute Gasteiger partial charge is 0.326 e. The number of amides is 2. The Morgan fingerprint density at radius 3 is 2.51 bits per heavy atom. The van der Waals surface area contributed by atoms with Gasteiger partial charge in [0.2, 0.25) is 11.8 Å². The number of hydrogen-bond donors (Lipinski definition) is 4. The van der Waals surface area contributed by atoms with Crippen LogP contribution in [0.4, 0.5) is 0 Å². The molecule has 0 fully saturated rings. The Morgan fingerprint density at radius 1 is 1.17 bits per heavy atom. The summed E-state index contributed by atoms with van der Waals surface area (Å²) < 4.78 is 0. The molecule has 10 heteroatoms. The standard InChI is InChI=1S/C25H37N5O4S/c1-4-18(2)22(29-23(31)12-20-13-26-17-27-20)15-30(14-19-8-6-5-7-9-19)16-24(32)28-21(25(33)34)10-11-35-3/h5-9,13,17-18,21-22H,4,10-12,14-16H2,1-3H3,(H,26,27)(H,28,32)(H,29,31)(H,33,34). The highest BCUT2D eigenvalue weighted by atomic mass is 32.2. The van der Waals surface area contributed by atoms with Crippen LogP contribution in [0, 0.1) is 5.92 Å². The third kappa shape index (κ3) is 10.5. The lowest BCUT2D eigenvalue weighted by molar-refractivity contribution is -0.142. The quantitative estimate of drug-likeness (QED) is 0.277. The summed E-state index contributed by atoms with van der Waals surface area (Å²) in [5.41, 5.74) is 1.69. The fourth-order valence-corrected chi connectivity index (χ4v) is 4.17. The number of aromatic amines is 1. The van der Waals surface area contributed by atoms with E-state index in [1.54, 1.807) is 12.5 Å². The third-order valence-electron chi connectivity index (χ3n) is 5.89. The van der Waals surface area contributed by atoms with Gasteiger partial charge in [-0.3, -0.25) is 14.5 Å². The first-order valence-electron chi connectivity index (χ1n) is 11.9. The fourth-order valence-electron chi connectivity index (χ4n) is 3.70. The van der Waals surface area contributed by atoms with Crippen LogP contribution in [0.2, 0.25) is 0 Å². The molecule has 0 aliphatic rings. The summed E-state index contributed by atoms with van der Waals surface area (Å²) in [5, 5.41) is 15.3. The van der Waals surface area contributed by atoms with Crippen molar-refractivity contribution in [2.45, 2.75) is 51.7 Å². The van der Waals surface area contributed by atoms with Crippen LogP contribution >= 0.6 is 11.8 Å². The molecule has 0 radical (unpaired) electrons. The van der Waals surface area contributed by atoms with Crippen molar-refractivity contribution in [3.05, 3.63) is 54.1 Å². The maximum Gasteiger partial charge on any atom is 0.326 e. The molecule has 0 saturated heterocycles. The number of aliphatic carboxylic acids is 1. The predicted molar refractivity (Wildman–Crippen MR) is 138 cm³/mol. The Kier molecular flexibility index (Phi) is 12.3. The number of imidazole rings is 1. The summed E-state index contributed by atoms with van der Waals surface area (Å²) in [6.07, 6.45) is 6.52. The average molecular weight is 504 g/mol. The van der Waals surface area contributed by atoms with Crippen LogP contribution in [0.3, 0.4) is 0 Å². The van der Waals surface area contributed by atoms with Gasteiger partial charge in [-0.15, -0.1) is 0 Å². The van der Waals surface area contributed by atoms with Gasteiger partial charge in [0.25, 0.3) is 0 Å². The third-order valence-corrected chi connectivity index (χ3v) is 6.53. The number of nitrogens with zero attached hydrogens (tertiary/aromatic N) is 2. The largest absolute Gasteiger partial charge is 0.480 e. The summed E-state index contributed by atoms with van der Waals surface area (Å²) in [7, 11) is 0. The minimum Gasteiger partial charge on any atom is -0.480 e. The molecule has 0 aliphatic carbocycles. The van der Waals surface area contributed by atoms with Gasteiger partial charge in [0.1, 0.15) is 6.04 Å². The molecule has 1 heterocycles. The Hall–Kier alpha value is -2.85. The molecule has 3 atom stereocenters. The van der Waals surface area contributed by atoms with Crippen LogP contribution in [0.1, 0.15) is 37.9 Å². The van der Waals surface area contributed by atoms with Gasteiger partial charge in [0.15, 0.2) is 0 Å². The topological polar surface area (TPSA) is 127 Å². The minimum absolute atomic E-state index is 0.0279. The van der Waals surface area contributed by atoms with Gasteiger partial charge in [-0.25, -0.2) is 9.78 Å². The highest BCUT2D eigenvalue weighted by molar-refractivity contribution is 7.98. The second kappa shape index (κ2) is 15.2. The number of carbonyl (C=O) groups excluding carboxylic acids is 2. The van der Waals surface area contributed by atoms with Crippen molar-refractivity contribution >= 4 is 29.5 Å². The zero-order valence-corrected chi connectivity index (χ0v) is 21.5. The van der Waals surface area contributed by atoms with E-state index in [1.165, 1.54) is 11.8 Å². The lowest BCUT2D eigenvalue weighted by Gasteiger charge is -2.31. The highest BCUT2D eigenvalue weighted by Gasteiger charge is 2.25. The molecule has 3 unspecified atom stereocenters. The van der Waals surface area contributed by atoms with Gasteiger partial charge >= 0.3 is 5.97 Å². The molecule has 0 saturated carbocycles. The maximum atomic E-state index is 12.9. The highest BCUT2D eigenvalue weighted by Crippen LogP contribution is 2.13. The molecule has 0 spiro atoms. The van der Waals surface area contributed by atoms with Gasteiger partial charge in [-0.05, 0) is 29.9 Å². The lowest BCUT2D eigenvalue weighted by atomic mass is 9.98. The molecular formula is C25H37N5O4S. The number of benzene rings is 1. The van der Waals surface area contributed by atoms with E-state index in [4.69, 9.17) is 0 Å². The van der Waals surface area contributed by atoms with Crippen LogP contribution in [0.5, 0.6) is 0 Å². The van der Waals surface area contributed by atoms with Crippen LogP contribution < -0.4 is 10.6 Å². The Bertz CT molecular complexity index is 910. The van der Waals surface area contributed by atoms with Crippen molar-refractivity contribution < 1.29 is 19.5 Å². The number of carboxylic acid groups (broad SMARTS) is 1. The van der Waals surface area contributed by atoms with Crippen LogP contribution in [0.15, 0.2) is 42.9 Å². The molecule has 2 aromatic rings. The fraction of sp³-hybridized carbons (Fsp3) is 0.520. The summed E-state index contributed by atoms with van der Waals surface area (Å²) in [6, 6.07) is 8.67. The molecule has 35 heavy (non-hydrogen) atoms. The van der Waals surface area contributed by atoms with E-state index in [1.807, 2.05) is 41.5 Å². The van der Waals surface area contributed by atoms with Gasteiger partial charge < -0.3 is 20.7 Å².